The quantitative estimate of drug-likeness (QED) is 0.731. The summed E-state index contributed by atoms with van der Waals surface area (Å²) in [5.41, 5.74) is 7.59. The van der Waals surface area contributed by atoms with Gasteiger partial charge in [-0.3, -0.25) is 9.52 Å². The molecule has 2 saturated carbocycles. The van der Waals surface area contributed by atoms with Gasteiger partial charge in [-0.1, -0.05) is 24.6 Å². The van der Waals surface area contributed by atoms with E-state index >= 15 is 0 Å². The Morgan fingerprint density at radius 2 is 1.81 bits per heavy atom. The van der Waals surface area contributed by atoms with Gasteiger partial charge in [0.15, 0.2) is 0 Å². The van der Waals surface area contributed by atoms with Gasteiger partial charge in [0.1, 0.15) is 0 Å². The van der Waals surface area contributed by atoms with Crippen LogP contribution in [0.5, 0.6) is 0 Å². The minimum Gasteiger partial charge on any atom is -0.349 e. The number of rotatable bonds is 5. The summed E-state index contributed by atoms with van der Waals surface area (Å²) < 4.78 is 25.7. The third kappa shape index (κ3) is 4.38. The van der Waals surface area contributed by atoms with Crippen molar-refractivity contribution in [2.75, 3.05) is 11.0 Å². The Balaban J connectivity index is 1.69. The predicted molar refractivity (Wildman–Crippen MR) is 103 cm³/mol. The number of benzene rings is 1. The first kappa shape index (κ1) is 19.2. The Kier molecular flexibility index (Phi) is 5.58. The molecule has 0 heterocycles. The van der Waals surface area contributed by atoms with Crippen molar-refractivity contribution in [3.8, 4) is 0 Å². The van der Waals surface area contributed by atoms with E-state index in [-0.39, 0.29) is 23.9 Å². The Morgan fingerprint density at radius 3 is 2.42 bits per heavy atom. The van der Waals surface area contributed by atoms with E-state index < -0.39 is 10.0 Å². The molecule has 0 radical (unpaired) electrons. The molecule has 4 N–H and O–H groups in total. The van der Waals surface area contributed by atoms with Crippen molar-refractivity contribution < 1.29 is 13.2 Å². The summed E-state index contributed by atoms with van der Waals surface area (Å²) >= 11 is 0. The van der Waals surface area contributed by atoms with Gasteiger partial charge in [0.2, 0.25) is 15.9 Å². The molecule has 0 spiro atoms. The van der Waals surface area contributed by atoms with Crippen LogP contribution >= 0.6 is 0 Å². The maximum absolute atomic E-state index is 12.8. The summed E-state index contributed by atoms with van der Waals surface area (Å²) in [6.45, 7) is 1.89. The Morgan fingerprint density at radius 1 is 1.19 bits per heavy atom. The lowest BCUT2D eigenvalue weighted by atomic mass is 9.65. The highest BCUT2D eigenvalue weighted by Crippen LogP contribution is 2.42. The van der Waals surface area contributed by atoms with Gasteiger partial charge in [-0.15, -0.1) is 0 Å². The van der Waals surface area contributed by atoms with Crippen molar-refractivity contribution >= 4 is 21.6 Å². The molecule has 6 nitrogen and oxygen atoms in total. The predicted octanol–water partition coefficient (Wildman–Crippen LogP) is 2.39. The summed E-state index contributed by atoms with van der Waals surface area (Å²) in [7, 11) is -3.38. The van der Waals surface area contributed by atoms with E-state index in [2.05, 4.69) is 10.0 Å². The summed E-state index contributed by atoms with van der Waals surface area (Å²) in [5, 5.41) is 3.08. The lowest BCUT2D eigenvalue weighted by Crippen LogP contribution is -2.49. The first-order valence-electron chi connectivity index (χ1n) is 9.37. The molecule has 2 aliphatic rings. The second kappa shape index (κ2) is 7.56. The van der Waals surface area contributed by atoms with Gasteiger partial charge in [-0.25, -0.2) is 8.42 Å². The Hall–Kier alpha value is -1.60. The molecule has 0 aromatic heterocycles. The molecule has 1 amide bonds. The van der Waals surface area contributed by atoms with E-state index in [1.807, 2.05) is 19.1 Å². The second-order valence-corrected chi connectivity index (χ2v) is 9.64. The van der Waals surface area contributed by atoms with Gasteiger partial charge in [0.25, 0.3) is 0 Å². The third-order valence-electron chi connectivity index (χ3n) is 5.87. The summed E-state index contributed by atoms with van der Waals surface area (Å²) in [4.78, 5) is 12.8. The summed E-state index contributed by atoms with van der Waals surface area (Å²) in [5.74, 6) is 0.957. The van der Waals surface area contributed by atoms with E-state index in [1.165, 1.54) is 6.42 Å². The van der Waals surface area contributed by atoms with Crippen molar-refractivity contribution in [2.24, 2.45) is 23.5 Å². The number of carbonyl (C=O) groups excluding carboxylic acids is 1. The second-order valence-electron chi connectivity index (χ2n) is 7.89. The number of nitrogens with two attached hydrogens (primary N) is 1. The molecule has 3 unspecified atom stereocenters. The molecule has 1 aromatic rings. The molecule has 2 fully saturated rings. The number of nitrogens with one attached hydrogen (secondary N) is 2. The van der Waals surface area contributed by atoms with E-state index in [4.69, 9.17) is 5.73 Å². The van der Waals surface area contributed by atoms with Crippen molar-refractivity contribution in [3.63, 3.8) is 0 Å². The number of sulfonamides is 1. The Bertz CT molecular complexity index is 751. The van der Waals surface area contributed by atoms with Gasteiger partial charge in [0.05, 0.1) is 18.0 Å². The molecule has 3 atom stereocenters. The SMILES string of the molecule is CC(NC(=O)C1CC2CCCC(C1)C2N)c1ccccc1NS(C)(=O)=O. The van der Waals surface area contributed by atoms with Crippen LogP contribution in [-0.4, -0.2) is 26.6 Å². The molecule has 26 heavy (non-hydrogen) atoms. The van der Waals surface area contributed by atoms with Gasteiger partial charge in [-0.2, -0.15) is 0 Å². The average molecular weight is 380 g/mol. The minimum absolute atomic E-state index is 0.00239. The van der Waals surface area contributed by atoms with Crippen LogP contribution in [0, 0.1) is 17.8 Å². The van der Waals surface area contributed by atoms with E-state index in [0.717, 1.165) is 37.5 Å². The van der Waals surface area contributed by atoms with E-state index in [9.17, 15) is 13.2 Å². The maximum Gasteiger partial charge on any atom is 0.229 e. The fourth-order valence-electron chi connectivity index (χ4n) is 4.58. The van der Waals surface area contributed by atoms with Gasteiger partial charge in [-0.05, 0) is 56.1 Å². The van der Waals surface area contributed by atoms with Crippen molar-refractivity contribution in [1.82, 2.24) is 5.32 Å². The number of para-hydroxylation sites is 1. The molecular formula is C19H29N3O3S. The highest BCUT2D eigenvalue weighted by atomic mass is 32.2. The highest BCUT2D eigenvalue weighted by Gasteiger charge is 2.40. The monoisotopic (exact) mass is 379 g/mol. The zero-order valence-electron chi connectivity index (χ0n) is 15.4. The fraction of sp³-hybridized carbons (Fsp3) is 0.632. The number of anilines is 1. The van der Waals surface area contributed by atoms with Crippen LogP contribution in [0.4, 0.5) is 5.69 Å². The van der Waals surface area contributed by atoms with E-state index in [0.29, 0.717) is 17.5 Å². The van der Waals surface area contributed by atoms with Crippen LogP contribution < -0.4 is 15.8 Å². The standard InChI is InChI=1S/C19H29N3O3S/c1-12(16-8-3-4-9-17(16)22-26(2,24)25)21-19(23)15-10-13-6-5-7-14(11-15)18(13)20/h3-4,8-9,12-15,18,22H,5-7,10-11,20H2,1-2H3,(H,21,23). The van der Waals surface area contributed by atoms with Crippen molar-refractivity contribution in [1.29, 1.82) is 0 Å². The topological polar surface area (TPSA) is 101 Å². The third-order valence-corrected chi connectivity index (χ3v) is 6.46. The minimum atomic E-state index is -3.38. The number of hydrogen-bond acceptors (Lipinski definition) is 4. The lowest BCUT2D eigenvalue weighted by molar-refractivity contribution is -0.128. The summed E-state index contributed by atoms with van der Waals surface area (Å²) in [6.07, 6.45) is 6.31. The van der Waals surface area contributed by atoms with Gasteiger partial charge < -0.3 is 11.1 Å². The van der Waals surface area contributed by atoms with Gasteiger partial charge in [0, 0.05) is 12.0 Å². The number of hydrogen-bond donors (Lipinski definition) is 3. The van der Waals surface area contributed by atoms with Gasteiger partial charge >= 0.3 is 0 Å². The molecule has 2 bridgehead atoms. The molecule has 0 saturated heterocycles. The number of fused-ring (bicyclic) bond motifs is 2. The summed E-state index contributed by atoms with van der Waals surface area (Å²) in [6, 6.07) is 7.13. The van der Waals surface area contributed by atoms with Crippen LogP contribution in [-0.2, 0) is 14.8 Å². The first-order valence-corrected chi connectivity index (χ1v) is 11.3. The normalized spacial score (nSPS) is 29.7. The zero-order chi connectivity index (χ0) is 18.9. The Labute approximate surface area is 156 Å². The number of amides is 1. The molecule has 1 aromatic carbocycles. The smallest absolute Gasteiger partial charge is 0.229 e. The number of carbonyl (C=O) groups is 1. The zero-order valence-corrected chi connectivity index (χ0v) is 16.3. The maximum atomic E-state index is 12.8. The van der Waals surface area contributed by atoms with Crippen LogP contribution in [0.25, 0.3) is 0 Å². The van der Waals surface area contributed by atoms with Crippen molar-refractivity contribution in [3.05, 3.63) is 29.8 Å². The average Bonchev–Trinajstić information content (AvgIpc) is 2.53. The molecule has 7 heteroatoms. The molecule has 2 aliphatic carbocycles. The van der Waals surface area contributed by atoms with Crippen LogP contribution in [0.3, 0.4) is 0 Å². The molecule has 144 valence electrons. The fourth-order valence-corrected chi connectivity index (χ4v) is 5.16. The molecule has 0 aliphatic heterocycles. The van der Waals surface area contributed by atoms with Crippen LogP contribution in [0.15, 0.2) is 24.3 Å². The van der Waals surface area contributed by atoms with Crippen LogP contribution in [0.1, 0.15) is 50.6 Å². The first-order chi connectivity index (χ1) is 12.2. The molecule has 3 rings (SSSR count). The molecular weight excluding hydrogens is 350 g/mol. The van der Waals surface area contributed by atoms with E-state index in [1.54, 1.807) is 12.1 Å². The van der Waals surface area contributed by atoms with Crippen LogP contribution in [0.2, 0.25) is 0 Å². The largest absolute Gasteiger partial charge is 0.349 e. The highest BCUT2D eigenvalue weighted by molar-refractivity contribution is 7.92. The lowest BCUT2D eigenvalue weighted by Gasteiger charge is -2.43. The van der Waals surface area contributed by atoms with Crippen molar-refractivity contribution in [2.45, 2.75) is 51.1 Å².